The van der Waals surface area contributed by atoms with Crippen molar-refractivity contribution in [3.05, 3.63) is 75.8 Å². The average Bonchev–Trinajstić information content (AvgIpc) is 2.61. The van der Waals surface area contributed by atoms with Gasteiger partial charge in [0.1, 0.15) is 6.04 Å². The van der Waals surface area contributed by atoms with Gasteiger partial charge in [-0.1, -0.05) is 65.7 Å². The zero-order valence-corrected chi connectivity index (χ0v) is 15.1. The van der Waals surface area contributed by atoms with Gasteiger partial charge in [0.2, 0.25) is 11.8 Å². The van der Waals surface area contributed by atoms with Crippen molar-refractivity contribution in [1.82, 2.24) is 10.6 Å². The van der Waals surface area contributed by atoms with E-state index in [0.29, 0.717) is 22.2 Å². The lowest BCUT2D eigenvalue weighted by Gasteiger charge is -2.13. The summed E-state index contributed by atoms with van der Waals surface area (Å²) in [6.45, 7) is 2.03. The second-order valence-electron chi connectivity index (χ2n) is 5.41. The zero-order chi connectivity index (χ0) is 18.2. The fourth-order valence-corrected chi connectivity index (χ4v) is 2.45. The molecule has 2 amide bonds. The van der Waals surface area contributed by atoms with E-state index in [4.69, 9.17) is 23.2 Å². The Hall–Kier alpha value is -2.30. The molecule has 1 unspecified atom stereocenters. The van der Waals surface area contributed by atoms with E-state index >= 15 is 0 Å². The highest BCUT2D eigenvalue weighted by Crippen LogP contribution is 2.26. The van der Waals surface area contributed by atoms with Gasteiger partial charge in [-0.2, -0.15) is 0 Å². The highest BCUT2D eigenvalue weighted by Gasteiger charge is 2.13. The molecule has 0 spiro atoms. The van der Waals surface area contributed by atoms with Crippen LogP contribution in [0.2, 0.25) is 10.0 Å². The van der Waals surface area contributed by atoms with Crippen molar-refractivity contribution in [3.8, 4) is 0 Å². The molecule has 0 aliphatic heterocycles. The number of hydrogen-bond acceptors (Lipinski definition) is 2. The molecule has 2 aromatic rings. The average molecular weight is 377 g/mol. The molecule has 0 aliphatic rings. The molecule has 2 aromatic carbocycles. The van der Waals surface area contributed by atoms with Crippen LogP contribution in [0.4, 0.5) is 0 Å². The topological polar surface area (TPSA) is 58.2 Å². The molecule has 130 valence electrons. The number of nitrogens with one attached hydrogen (secondary N) is 2. The molecule has 0 bridgehead atoms. The molecule has 0 aromatic heterocycles. The van der Waals surface area contributed by atoms with Crippen molar-refractivity contribution in [1.29, 1.82) is 0 Å². The molecule has 6 heteroatoms. The minimum Gasteiger partial charge on any atom is -0.350 e. The molecular formula is C19H18Cl2N2O2. The van der Waals surface area contributed by atoms with Crippen LogP contribution < -0.4 is 10.6 Å². The van der Waals surface area contributed by atoms with E-state index in [1.165, 1.54) is 6.08 Å². The van der Waals surface area contributed by atoms with Crippen LogP contribution in [0.5, 0.6) is 0 Å². The predicted molar refractivity (Wildman–Crippen MR) is 101 cm³/mol. The summed E-state index contributed by atoms with van der Waals surface area (Å²) in [5, 5.41) is 6.18. The lowest BCUT2D eigenvalue weighted by molar-refractivity contribution is -0.126. The maximum atomic E-state index is 12.0. The normalized spacial score (nSPS) is 12.0. The zero-order valence-electron chi connectivity index (χ0n) is 13.6. The molecule has 0 fully saturated rings. The highest BCUT2D eigenvalue weighted by atomic mass is 35.5. The number of hydrogen-bond donors (Lipinski definition) is 2. The first kappa shape index (κ1) is 19.0. The summed E-state index contributed by atoms with van der Waals surface area (Å²) in [5.74, 6) is -0.648. The fraction of sp³-hybridized carbons (Fsp3) is 0.158. The van der Waals surface area contributed by atoms with E-state index in [9.17, 15) is 9.59 Å². The first-order valence-corrected chi connectivity index (χ1v) is 8.47. The Morgan fingerprint density at radius 3 is 2.52 bits per heavy atom. The van der Waals surface area contributed by atoms with E-state index in [-0.39, 0.29) is 5.91 Å². The second kappa shape index (κ2) is 9.25. The number of rotatable bonds is 6. The quantitative estimate of drug-likeness (QED) is 0.752. The standard InChI is InChI=1S/C19H18Cl2N2O2/c1-13(19(25)22-12-14-6-3-2-4-7-14)23-17(24)11-10-15-8-5-9-16(20)18(15)21/h2-11,13H,12H2,1H3,(H,22,25)(H,23,24)/b11-10+. The number of carbonyl (C=O) groups is 2. The number of carbonyl (C=O) groups excluding carboxylic acids is 2. The van der Waals surface area contributed by atoms with E-state index in [0.717, 1.165) is 5.56 Å². The number of halogens is 2. The summed E-state index contributed by atoms with van der Waals surface area (Å²) in [7, 11) is 0. The third-order valence-corrected chi connectivity index (χ3v) is 4.29. The van der Waals surface area contributed by atoms with Crippen molar-refractivity contribution in [2.75, 3.05) is 0 Å². The van der Waals surface area contributed by atoms with Crippen molar-refractivity contribution < 1.29 is 9.59 Å². The molecule has 4 nitrogen and oxygen atoms in total. The highest BCUT2D eigenvalue weighted by molar-refractivity contribution is 6.42. The Bertz CT molecular complexity index is 776. The first-order valence-electron chi connectivity index (χ1n) is 7.71. The SMILES string of the molecule is CC(NC(=O)/C=C/c1cccc(Cl)c1Cl)C(=O)NCc1ccccc1. The van der Waals surface area contributed by atoms with Gasteiger partial charge >= 0.3 is 0 Å². The van der Waals surface area contributed by atoms with E-state index in [1.54, 1.807) is 31.2 Å². The van der Waals surface area contributed by atoms with Crippen LogP contribution in [0.15, 0.2) is 54.6 Å². The van der Waals surface area contributed by atoms with Crippen LogP contribution in [0.25, 0.3) is 6.08 Å². The Kier molecular flexibility index (Phi) is 7.04. The van der Waals surface area contributed by atoms with Gasteiger partial charge in [-0.25, -0.2) is 0 Å². The molecular weight excluding hydrogens is 359 g/mol. The predicted octanol–water partition coefficient (Wildman–Crippen LogP) is 3.83. The van der Waals surface area contributed by atoms with Crippen molar-refractivity contribution >= 4 is 41.1 Å². The van der Waals surface area contributed by atoms with Gasteiger partial charge in [0, 0.05) is 12.6 Å². The Morgan fingerprint density at radius 1 is 1.08 bits per heavy atom. The summed E-state index contributed by atoms with van der Waals surface area (Å²) < 4.78 is 0. The maximum Gasteiger partial charge on any atom is 0.244 e. The van der Waals surface area contributed by atoms with Crippen molar-refractivity contribution in [3.63, 3.8) is 0 Å². The van der Waals surface area contributed by atoms with Crippen LogP contribution in [0.1, 0.15) is 18.1 Å². The summed E-state index contributed by atoms with van der Waals surface area (Å²) in [6, 6.07) is 14.0. The molecule has 0 heterocycles. The van der Waals surface area contributed by atoms with Gasteiger partial charge < -0.3 is 10.6 Å². The van der Waals surface area contributed by atoms with Gasteiger partial charge in [0.25, 0.3) is 0 Å². The molecule has 0 saturated heterocycles. The van der Waals surface area contributed by atoms with Crippen molar-refractivity contribution in [2.24, 2.45) is 0 Å². The lowest BCUT2D eigenvalue weighted by atomic mass is 10.2. The van der Waals surface area contributed by atoms with Gasteiger partial charge in [0.05, 0.1) is 10.0 Å². The molecule has 25 heavy (non-hydrogen) atoms. The minimum absolute atomic E-state index is 0.258. The molecule has 0 saturated carbocycles. The molecule has 0 aliphatic carbocycles. The van der Waals surface area contributed by atoms with Gasteiger partial charge in [0.15, 0.2) is 0 Å². The van der Waals surface area contributed by atoms with Crippen LogP contribution in [0.3, 0.4) is 0 Å². The lowest BCUT2D eigenvalue weighted by Crippen LogP contribution is -2.44. The van der Waals surface area contributed by atoms with Crippen LogP contribution in [-0.4, -0.2) is 17.9 Å². The van der Waals surface area contributed by atoms with Gasteiger partial charge in [-0.15, -0.1) is 0 Å². The third-order valence-electron chi connectivity index (χ3n) is 3.46. The van der Waals surface area contributed by atoms with E-state index < -0.39 is 11.9 Å². The van der Waals surface area contributed by atoms with E-state index in [1.807, 2.05) is 30.3 Å². The molecule has 2 N–H and O–H groups in total. The van der Waals surface area contributed by atoms with Gasteiger partial charge in [-0.3, -0.25) is 9.59 Å². The summed E-state index contributed by atoms with van der Waals surface area (Å²) in [5.41, 5.74) is 1.62. The Balaban J connectivity index is 1.85. The summed E-state index contributed by atoms with van der Waals surface area (Å²) in [6.07, 6.45) is 2.87. The Morgan fingerprint density at radius 2 is 1.80 bits per heavy atom. The van der Waals surface area contributed by atoms with Crippen LogP contribution in [0, 0.1) is 0 Å². The van der Waals surface area contributed by atoms with Gasteiger partial charge in [-0.05, 0) is 30.2 Å². The molecule has 2 rings (SSSR count). The first-order chi connectivity index (χ1) is 12.0. The maximum absolute atomic E-state index is 12.0. The molecule has 0 radical (unpaired) electrons. The molecule has 1 atom stereocenters. The fourth-order valence-electron chi connectivity index (χ4n) is 2.08. The largest absolute Gasteiger partial charge is 0.350 e. The minimum atomic E-state index is -0.657. The van der Waals surface area contributed by atoms with Crippen molar-refractivity contribution in [2.45, 2.75) is 19.5 Å². The summed E-state index contributed by atoms with van der Waals surface area (Å²) >= 11 is 12.0. The van der Waals surface area contributed by atoms with E-state index in [2.05, 4.69) is 10.6 Å². The third kappa shape index (κ3) is 5.93. The number of amides is 2. The smallest absolute Gasteiger partial charge is 0.244 e. The Labute approximate surface area is 156 Å². The summed E-state index contributed by atoms with van der Waals surface area (Å²) in [4.78, 5) is 24.0. The van der Waals surface area contributed by atoms with Crippen LogP contribution in [-0.2, 0) is 16.1 Å². The number of benzene rings is 2. The second-order valence-corrected chi connectivity index (χ2v) is 6.20. The van der Waals surface area contributed by atoms with Crippen LogP contribution >= 0.6 is 23.2 Å². The monoisotopic (exact) mass is 376 g/mol.